The molecule has 0 fully saturated rings. The van der Waals surface area contributed by atoms with Crippen molar-refractivity contribution in [3.63, 3.8) is 0 Å². The monoisotopic (exact) mass is 310 g/mol. The quantitative estimate of drug-likeness (QED) is 0.654. The Hall–Kier alpha value is -0.670. The third kappa shape index (κ3) is 6.92. The minimum atomic E-state index is 0.203. The summed E-state index contributed by atoms with van der Waals surface area (Å²) in [5.74, 6) is 0. The highest BCUT2D eigenvalue weighted by atomic mass is 79.9. The SMILES string of the molecule is C/C(=C/CCNC(C)(C)C)Cc1ccc(Br)cn1. The third-order valence-corrected chi connectivity index (χ3v) is 3.01. The van der Waals surface area contributed by atoms with Gasteiger partial charge in [0.05, 0.1) is 0 Å². The van der Waals surface area contributed by atoms with Crippen molar-refractivity contribution in [3.8, 4) is 0 Å². The fourth-order valence-electron chi connectivity index (χ4n) is 1.63. The Kier molecular flexibility index (Phi) is 6.03. The van der Waals surface area contributed by atoms with Crippen molar-refractivity contribution in [1.29, 1.82) is 0 Å². The molecule has 100 valence electrons. The van der Waals surface area contributed by atoms with Crippen LogP contribution in [-0.2, 0) is 6.42 Å². The van der Waals surface area contributed by atoms with Gasteiger partial charge in [0.1, 0.15) is 0 Å². The van der Waals surface area contributed by atoms with Gasteiger partial charge < -0.3 is 5.32 Å². The van der Waals surface area contributed by atoms with Crippen LogP contribution in [0.5, 0.6) is 0 Å². The van der Waals surface area contributed by atoms with Gasteiger partial charge in [-0.15, -0.1) is 0 Å². The molecule has 0 saturated heterocycles. The third-order valence-electron chi connectivity index (χ3n) is 2.54. The largest absolute Gasteiger partial charge is 0.312 e. The minimum absolute atomic E-state index is 0.203. The lowest BCUT2D eigenvalue weighted by molar-refractivity contribution is 0.431. The molecule has 0 spiro atoms. The van der Waals surface area contributed by atoms with Gasteiger partial charge in [0.25, 0.3) is 0 Å². The molecule has 0 unspecified atom stereocenters. The Morgan fingerprint density at radius 1 is 1.39 bits per heavy atom. The van der Waals surface area contributed by atoms with Crippen molar-refractivity contribution in [2.45, 2.75) is 46.1 Å². The lowest BCUT2D eigenvalue weighted by Gasteiger charge is -2.19. The molecule has 2 nitrogen and oxygen atoms in total. The molecule has 1 heterocycles. The summed E-state index contributed by atoms with van der Waals surface area (Å²) in [7, 11) is 0. The molecule has 1 aromatic rings. The van der Waals surface area contributed by atoms with Gasteiger partial charge in [-0.2, -0.15) is 0 Å². The van der Waals surface area contributed by atoms with Crippen LogP contribution in [0.15, 0.2) is 34.5 Å². The summed E-state index contributed by atoms with van der Waals surface area (Å²) in [6.45, 7) is 9.76. The highest BCUT2D eigenvalue weighted by Gasteiger charge is 2.06. The number of aromatic nitrogens is 1. The van der Waals surface area contributed by atoms with Crippen LogP contribution in [-0.4, -0.2) is 17.1 Å². The molecule has 1 aromatic heterocycles. The number of pyridine rings is 1. The minimum Gasteiger partial charge on any atom is -0.312 e. The van der Waals surface area contributed by atoms with Gasteiger partial charge in [0.2, 0.25) is 0 Å². The molecule has 0 saturated carbocycles. The standard InChI is InChI=1S/C15H23BrN2/c1-12(6-5-9-18-15(2,3)4)10-14-8-7-13(16)11-17-14/h6-8,11,18H,5,9-10H2,1-4H3/b12-6-. The molecule has 0 aliphatic rings. The zero-order valence-electron chi connectivity index (χ0n) is 11.8. The van der Waals surface area contributed by atoms with Gasteiger partial charge in [-0.3, -0.25) is 4.98 Å². The summed E-state index contributed by atoms with van der Waals surface area (Å²) < 4.78 is 1.03. The molecule has 0 amide bonds. The molecule has 0 bridgehead atoms. The van der Waals surface area contributed by atoms with E-state index in [4.69, 9.17) is 0 Å². The Balaban J connectivity index is 2.36. The average Bonchev–Trinajstić information content (AvgIpc) is 2.26. The summed E-state index contributed by atoms with van der Waals surface area (Å²) in [5, 5.41) is 3.48. The lowest BCUT2D eigenvalue weighted by atomic mass is 10.1. The van der Waals surface area contributed by atoms with E-state index in [-0.39, 0.29) is 5.54 Å². The van der Waals surface area contributed by atoms with Crippen LogP contribution in [0.3, 0.4) is 0 Å². The molecule has 18 heavy (non-hydrogen) atoms. The molecule has 0 aliphatic heterocycles. The molecule has 1 N–H and O–H groups in total. The number of hydrogen-bond acceptors (Lipinski definition) is 2. The van der Waals surface area contributed by atoms with Crippen LogP contribution in [0.25, 0.3) is 0 Å². The first-order valence-electron chi connectivity index (χ1n) is 6.38. The number of allylic oxidation sites excluding steroid dienone is 1. The Morgan fingerprint density at radius 3 is 2.67 bits per heavy atom. The zero-order valence-corrected chi connectivity index (χ0v) is 13.3. The Labute approximate surface area is 119 Å². The first kappa shape index (κ1) is 15.4. The van der Waals surface area contributed by atoms with Crippen molar-refractivity contribution in [3.05, 3.63) is 40.1 Å². The van der Waals surface area contributed by atoms with Crippen molar-refractivity contribution < 1.29 is 0 Å². The maximum atomic E-state index is 4.38. The maximum absolute atomic E-state index is 4.38. The Bertz CT molecular complexity index is 388. The van der Waals surface area contributed by atoms with E-state index >= 15 is 0 Å². The molecule has 0 radical (unpaired) electrons. The van der Waals surface area contributed by atoms with Crippen LogP contribution in [0, 0.1) is 0 Å². The molecule has 3 heteroatoms. The number of nitrogens with one attached hydrogen (secondary N) is 1. The second kappa shape index (κ2) is 7.05. The number of halogens is 1. The van der Waals surface area contributed by atoms with E-state index in [0.717, 1.165) is 29.6 Å². The molecule has 0 aromatic carbocycles. The van der Waals surface area contributed by atoms with E-state index in [9.17, 15) is 0 Å². The number of hydrogen-bond donors (Lipinski definition) is 1. The van der Waals surface area contributed by atoms with E-state index in [1.54, 1.807) is 0 Å². The summed E-state index contributed by atoms with van der Waals surface area (Å²) in [5.41, 5.74) is 2.70. The molecule has 0 aliphatic carbocycles. The highest BCUT2D eigenvalue weighted by molar-refractivity contribution is 9.10. The van der Waals surface area contributed by atoms with Crippen LogP contribution in [0.1, 0.15) is 39.8 Å². The van der Waals surface area contributed by atoms with Crippen LogP contribution >= 0.6 is 15.9 Å². The van der Waals surface area contributed by atoms with Crippen molar-refractivity contribution in [2.24, 2.45) is 0 Å². The fraction of sp³-hybridized carbons (Fsp3) is 0.533. The predicted molar refractivity (Wildman–Crippen MR) is 81.8 cm³/mol. The maximum Gasteiger partial charge on any atom is 0.0444 e. The first-order chi connectivity index (χ1) is 8.37. The lowest BCUT2D eigenvalue weighted by Crippen LogP contribution is -2.36. The number of rotatable bonds is 5. The van der Waals surface area contributed by atoms with Crippen LogP contribution in [0.2, 0.25) is 0 Å². The Morgan fingerprint density at radius 2 is 2.11 bits per heavy atom. The van der Waals surface area contributed by atoms with E-state index in [2.05, 4.69) is 66.1 Å². The normalized spacial score (nSPS) is 12.8. The van der Waals surface area contributed by atoms with Crippen molar-refractivity contribution >= 4 is 15.9 Å². The van der Waals surface area contributed by atoms with Gasteiger partial charge in [0.15, 0.2) is 0 Å². The smallest absolute Gasteiger partial charge is 0.0444 e. The predicted octanol–water partition coefficient (Wildman–Crippen LogP) is 4.11. The second-order valence-electron chi connectivity index (χ2n) is 5.66. The van der Waals surface area contributed by atoms with Gasteiger partial charge in [-0.05, 0) is 68.7 Å². The van der Waals surface area contributed by atoms with Gasteiger partial charge in [-0.25, -0.2) is 0 Å². The topological polar surface area (TPSA) is 24.9 Å². The molecule has 0 atom stereocenters. The van der Waals surface area contributed by atoms with Crippen molar-refractivity contribution in [1.82, 2.24) is 10.3 Å². The number of nitrogens with zero attached hydrogens (tertiary/aromatic N) is 1. The zero-order chi connectivity index (χ0) is 13.6. The summed E-state index contributed by atoms with van der Waals surface area (Å²) >= 11 is 3.40. The summed E-state index contributed by atoms with van der Waals surface area (Å²) in [4.78, 5) is 4.38. The molecule has 1 rings (SSSR count). The van der Waals surface area contributed by atoms with Crippen LogP contribution in [0.4, 0.5) is 0 Å². The highest BCUT2D eigenvalue weighted by Crippen LogP contribution is 2.11. The van der Waals surface area contributed by atoms with E-state index < -0.39 is 0 Å². The average molecular weight is 311 g/mol. The molecular formula is C15H23BrN2. The molecular weight excluding hydrogens is 288 g/mol. The van der Waals surface area contributed by atoms with Gasteiger partial charge >= 0.3 is 0 Å². The van der Waals surface area contributed by atoms with E-state index in [1.165, 1.54) is 5.57 Å². The second-order valence-corrected chi connectivity index (χ2v) is 6.58. The van der Waals surface area contributed by atoms with Gasteiger partial charge in [0, 0.05) is 28.3 Å². The fourth-order valence-corrected chi connectivity index (χ4v) is 1.87. The van der Waals surface area contributed by atoms with Gasteiger partial charge in [-0.1, -0.05) is 11.6 Å². The van der Waals surface area contributed by atoms with E-state index in [1.807, 2.05) is 12.3 Å². The van der Waals surface area contributed by atoms with Crippen molar-refractivity contribution in [2.75, 3.05) is 6.54 Å². The first-order valence-corrected chi connectivity index (χ1v) is 7.17. The van der Waals surface area contributed by atoms with Crippen LogP contribution < -0.4 is 5.32 Å². The summed E-state index contributed by atoms with van der Waals surface area (Å²) in [6, 6.07) is 4.10. The summed E-state index contributed by atoms with van der Waals surface area (Å²) in [6.07, 6.45) is 6.15. The van der Waals surface area contributed by atoms with E-state index in [0.29, 0.717) is 0 Å².